The molecule has 0 saturated carbocycles. The maximum absolute atomic E-state index is 10.8. The summed E-state index contributed by atoms with van der Waals surface area (Å²) >= 11 is 1.73. The van der Waals surface area contributed by atoms with E-state index >= 15 is 0 Å². The minimum atomic E-state index is -0.358. The van der Waals surface area contributed by atoms with E-state index in [1.807, 2.05) is 30.3 Å². The third-order valence-corrected chi connectivity index (χ3v) is 5.97. The number of thiazole rings is 1. The van der Waals surface area contributed by atoms with Gasteiger partial charge in [0.05, 0.1) is 15.6 Å². The maximum Gasteiger partial charge on any atom is 0.269 e. The van der Waals surface area contributed by atoms with Crippen LogP contribution in [0.1, 0.15) is 5.01 Å². The Morgan fingerprint density at radius 1 is 1.00 bits per heavy atom. The van der Waals surface area contributed by atoms with Crippen LogP contribution >= 0.6 is 11.3 Å². The second kappa shape index (κ2) is 8.50. The van der Waals surface area contributed by atoms with Crippen molar-refractivity contribution in [1.82, 2.24) is 9.88 Å². The van der Waals surface area contributed by atoms with E-state index in [1.54, 1.807) is 23.5 Å². The van der Waals surface area contributed by atoms with Gasteiger partial charge in [0.2, 0.25) is 0 Å². The van der Waals surface area contributed by atoms with Crippen LogP contribution in [-0.2, 0) is 6.42 Å². The van der Waals surface area contributed by atoms with E-state index in [0.717, 1.165) is 50.5 Å². The van der Waals surface area contributed by atoms with Crippen molar-refractivity contribution in [2.45, 2.75) is 6.42 Å². The quantitative estimate of drug-likeness (QED) is 0.466. The van der Waals surface area contributed by atoms with Crippen molar-refractivity contribution in [1.29, 1.82) is 0 Å². The Morgan fingerprint density at radius 3 is 2.39 bits per heavy atom. The summed E-state index contributed by atoms with van der Waals surface area (Å²) in [5.74, 6) is 0. The molecule has 0 aliphatic carbocycles. The highest BCUT2D eigenvalue weighted by atomic mass is 32.1. The lowest BCUT2D eigenvalue weighted by molar-refractivity contribution is -0.384. The average molecular weight is 395 g/mol. The fraction of sp³-hybridized carbons (Fsp3) is 0.286. The average Bonchev–Trinajstić information content (AvgIpc) is 3.22. The molecule has 2 heterocycles. The Hall–Kier alpha value is -2.77. The molecule has 6 nitrogen and oxygen atoms in total. The number of nitro groups is 1. The van der Waals surface area contributed by atoms with Gasteiger partial charge in [0, 0.05) is 67.9 Å². The zero-order chi connectivity index (χ0) is 19.3. The molecular weight excluding hydrogens is 372 g/mol. The molecule has 0 radical (unpaired) electrons. The molecule has 2 aromatic carbocycles. The third-order valence-electron chi connectivity index (χ3n) is 5.06. The van der Waals surface area contributed by atoms with Crippen molar-refractivity contribution >= 4 is 22.7 Å². The van der Waals surface area contributed by atoms with Crippen LogP contribution in [0, 0.1) is 10.1 Å². The molecule has 0 amide bonds. The molecule has 0 N–H and O–H groups in total. The van der Waals surface area contributed by atoms with Crippen LogP contribution in [0.15, 0.2) is 60.0 Å². The number of nitro benzene ring substituents is 1. The van der Waals surface area contributed by atoms with Crippen molar-refractivity contribution in [2.24, 2.45) is 0 Å². The lowest BCUT2D eigenvalue weighted by Gasteiger charge is -2.36. The highest BCUT2D eigenvalue weighted by molar-refractivity contribution is 7.09. The first kappa shape index (κ1) is 18.6. The Labute approximate surface area is 168 Å². The third kappa shape index (κ3) is 4.37. The van der Waals surface area contributed by atoms with Gasteiger partial charge in [-0.3, -0.25) is 15.0 Å². The van der Waals surface area contributed by atoms with Crippen LogP contribution in [0.2, 0.25) is 0 Å². The van der Waals surface area contributed by atoms with Crippen molar-refractivity contribution in [2.75, 3.05) is 37.6 Å². The largest absolute Gasteiger partial charge is 0.369 e. The van der Waals surface area contributed by atoms with E-state index in [0.29, 0.717) is 0 Å². The number of rotatable bonds is 6. The predicted octanol–water partition coefficient (Wildman–Crippen LogP) is 4.08. The van der Waals surface area contributed by atoms with E-state index in [-0.39, 0.29) is 10.6 Å². The van der Waals surface area contributed by atoms with Gasteiger partial charge in [-0.1, -0.05) is 30.3 Å². The fourth-order valence-electron chi connectivity index (χ4n) is 3.44. The van der Waals surface area contributed by atoms with Gasteiger partial charge >= 0.3 is 0 Å². The van der Waals surface area contributed by atoms with Gasteiger partial charge in [-0.2, -0.15) is 0 Å². The molecule has 1 saturated heterocycles. The lowest BCUT2D eigenvalue weighted by atomic mass is 10.2. The Kier molecular flexibility index (Phi) is 5.64. The molecule has 4 rings (SSSR count). The summed E-state index contributed by atoms with van der Waals surface area (Å²) in [6.07, 6.45) is 0.967. The van der Waals surface area contributed by atoms with E-state index in [2.05, 4.69) is 27.3 Å². The SMILES string of the molecule is O=[N+]([O-])c1ccc(N2CCN(CCc3nc(-c4ccccc4)cs3)CC2)cc1. The molecule has 1 aliphatic rings. The number of anilines is 1. The molecule has 1 aliphatic heterocycles. The fourth-order valence-corrected chi connectivity index (χ4v) is 4.23. The summed E-state index contributed by atoms with van der Waals surface area (Å²) in [5.41, 5.74) is 3.42. The second-order valence-electron chi connectivity index (χ2n) is 6.84. The highest BCUT2D eigenvalue weighted by Crippen LogP contribution is 2.23. The molecule has 1 fully saturated rings. The summed E-state index contributed by atoms with van der Waals surface area (Å²) in [6, 6.07) is 17.1. The van der Waals surface area contributed by atoms with Gasteiger partial charge in [0.25, 0.3) is 5.69 Å². The van der Waals surface area contributed by atoms with Gasteiger partial charge in [0.1, 0.15) is 0 Å². The number of piperazine rings is 1. The summed E-state index contributed by atoms with van der Waals surface area (Å²) < 4.78 is 0. The maximum atomic E-state index is 10.8. The van der Waals surface area contributed by atoms with Crippen molar-refractivity contribution < 1.29 is 4.92 Å². The summed E-state index contributed by atoms with van der Waals surface area (Å²) in [6.45, 7) is 4.87. The number of hydrogen-bond donors (Lipinski definition) is 0. The van der Waals surface area contributed by atoms with Crippen LogP contribution in [0.3, 0.4) is 0 Å². The summed E-state index contributed by atoms with van der Waals surface area (Å²) in [5, 5.41) is 14.1. The van der Waals surface area contributed by atoms with Crippen LogP contribution in [0.25, 0.3) is 11.3 Å². The molecule has 7 heteroatoms. The Morgan fingerprint density at radius 2 is 1.71 bits per heavy atom. The van der Waals surface area contributed by atoms with Crippen LogP contribution in [0.5, 0.6) is 0 Å². The number of hydrogen-bond acceptors (Lipinski definition) is 6. The summed E-state index contributed by atoms with van der Waals surface area (Å²) in [4.78, 5) is 20.0. The first-order chi connectivity index (χ1) is 13.7. The molecule has 3 aromatic rings. The number of benzene rings is 2. The first-order valence-corrected chi connectivity index (χ1v) is 10.3. The smallest absolute Gasteiger partial charge is 0.269 e. The Balaban J connectivity index is 1.27. The van der Waals surface area contributed by atoms with Crippen LogP contribution in [0.4, 0.5) is 11.4 Å². The van der Waals surface area contributed by atoms with Crippen LogP contribution < -0.4 is 4.90 Å². The minimum absolute atomic E-state index is 0.140. The molecule has 144 valence electrons. The van der Waals surface area contributed by atoms with Gasteiger partial charge in [-0.05, 0) is 12.1 Å². The molecule has 0 spiro atoms. The molecule has 0 unspecified atom stereocenters. The molecular formula is C21H22N4O2S. The number of non-ortho nitro benzene ring substituents is 1. The number of aromatic nitrogens is 1. The topological polar surface area (TPSA) is 62.5 Å². The second-order valence-corrected chi connectivity index (χ2v) is 7.79. The Bertz CT molecular complexity index is 919. The van der Waals surface area contributed by atoms with Gasteiger partial charge < -0.3 is 4.90 Å². The predicted molar refractivity (Wildman–Crippen MR) is 113 cm³/mol. The number of nitrogens with zero attached hydrogens (tertiary/aromatic N) is 4. The van der Waals surface area contributed by atoms with Crippen LogP contribution in [-0.4, -0.2) is 47.5 Å². The minimum Gasteiger partial charge on any atom is -0.369 e. The lowest BCUT2D eigenvalue weighted by Crippen LogP contribution is -2.46. The monoisotopic (exact) mass is 394 g/mol. The molecule has 1 aromatic heterocycles. The van der Waals surface area contributed by atoms with E-state index in [4.69, 9.17) is 4.98 Å². The van der Waals surface area contributed by atoms with Crippen molar-refractivity contribution in [3.63, 3.8) is 0 Å². The zero-order valence-electron chi connectivity index (χ0n) is 15.5. The van der Waals surface area contributed by atoms with Gasteiger partial charge in [-0.15, -0.1) is 11.3 Å². The van der Waals surface area contributed by atoms with Gasteiger partial charge in [0.15, 0.2) is 0 Å². The highest BCUT2D eigenvalue weighted by Gasteiger charge is 2.18. The normalized spacial score (nSPS) is 14.9. The van der Waals surface area contributed by atoms with E-state index < -0.39 is 0 Å². The first-order valence-electron chi connectivity index (χ1n) is 9.40. The summed E-state index contributed by atoms with van der Waals surface area (Å²) in [7, 11) is 0. The van der Waals surface area contributed by atoms with E-state index in [1.165, 1.54) is 10.6 Å². The molecule has 0 atom stereocenters. The molecule has 0 bridgehead atoms. The zero-order valence-corrected chi connectivity index (χ0v) is 16.3. The van der Waals surface area contributed by atoms with Crippen molar-refractivity contribution in [3.8, 4) is 11.3 Å². The standard InChI is InChI=1S/C21H22N4O2S/c26-25(27)19-8-6-18(7-9-19)24-14-12-23(13-15-24)11-10-21-22-20(16-28-21)17-4-2-1-3-5-17/h1-9,16H,10-15H2. The molecule has 28 heavy (non-hydrogen) atoms. The van der Waals surface area contributed by atoms with E-state index in [9.17, 15) is 10.1 Å². The van der Waals surface area contributed by atoms with Crippen molar-refractivity contribution in [3.05, 3.63) is 75.1 Å². The van der Waals surface area contributed by atoms with Gasteiger partial charge in [-0.25, -0.2) is 4.98 Å².